The molecule has 0 aromatic heterocycles. The second-order valence-electron chi connectivity index (χ2n) is 8.48. The average molecular weight is 393 g/mol. The molecule has 5 aromatic carbocycles. The van der Waals surface area contributed by atoms with Gasteiger partial charge in [0.05, 0.1) is 0 Å². The fraction of sp³-hybridized carbons (Fsp3) is 0.0323. The fourth-order valence-corrected chi connectivity index (χ4v) is 5.59. The molecule has 2 aliphatic rings. The monoisotopic (exact) mass is 392 g/mol. The normalized spacial score (nSPS) is 12.4. The predicted molar refractivity (Wildman–Crippen MR) is 130 cm³/mol. The zero-order valence-electron chi connectivity index (χ0n) is 17.1. The van der Waals surface area contributed by atoms with Crippen molar-refractivity contribution in [1.29, 1.82) is 0 Å². The first-order chi connectivity index (χ1) is 15.4. The Bertz CT molecular complexity index is 1500. The summed E-state index contributed by atoms with van der Waals surface area (Å²) < 4.78 is 0. The summed E-state index contributed by atoms with van der Waals surface area (Å²) >= 11 is 0. The highest BCUT2D eigenvalue weighted by Gasteiger charge is 2.28. The van der Waals surface area contributed by atoms with Gasteiger partial charge < -0.3 is 0 Å². The topological polar surface area (TPSA) is 0 Å². The fourth-order valence-electron chi connectivity index (χ4n) is 5.59. The van der Waals surface area contributed by atoms with Gasteiger partial charge in [0.2, 0.25) is 0 Å². The molecular weight excluding hydrogens is 372 g/mol. The lowest BCUT2D eigenvalue weighted by Gasteiger charge is -2.25. The standard InChI is InChI=1S/C31H20/c1-2-10-21-20(9-1)19-30-27(21)17-18-29-26-15-6-5-13-24(26)22-11-3-4-12-23(22)25-14-7-8-16-28(25)31(29)30/h1-18H,19H2. The van der Waals surface area contributed by atoms with E-state index in [1.807, 2.05) is 0 Å². The van der Waals surface area contributed by atoms with Gasteiger partial charge in [-0.15, -0.1) is 0 Å². The van der Waals surface area contributed by atoms with Crippen LogP contribution in [0.3, 0.4) is 0 Å². The van der Waals surface area contributed by atoms with Gasteiger partial charge in [-0.1, -0.05) is 109 Å². The van der Waals surface area contributed by atoms with E-state index in [4.69, 9.17) is 0 Å². The molecule has 0 nitrogen and oxygen atoms in total. The van der Waals surface area contributed by atoms with Crippen molar-refractivity contribution in [3.05, 3.63) is 120 Å². The number of benzene rings is 5. The Kier molecular flexibility index (Phi) is 3.42. The minimum Gasteiger partial charge on any atom is -0.0619 e. The lowest BCUT2D eigenvalue weighted by atomic mass is 9.78. The molecule has 0 atom stereocenters. The minimum absolute atomic E-state index is 0.993. The van der Waals surface area contributed by atoms with Crippen molar-refractivity contribution in [3.63, 3.8) is 0 Å². The van der Waals surface area contributed by atoms with Crippen LogP contribution in [-0.2, 0) is 6.42 Å². The Hall–Kier alpha value is -3.90. The number of fused-ring (bicyclic) bond motifs is 12. The predicted octanol–water partition coefficient (Wildman–Crippen LogP) is 8.24. The molecule has 0 amide bonds. The third-order valence-corrected chi connectivity index (χ3v) is 6.91. The molecule has 31 heavy (non-hydrogen) atoms. The first-order valence-electron chi connectivity index (χ1n) is 10.9. The van der Waals surface area contributed by atoms with Crippen LogP contribution in [0.1, 0.15) is 11.1 Å². The van der Waals surface area contributed by atoms with Gasteiger partial charge in [-0.2, -0.15) is 0 Å². The molecule has 0 N–H and O–H groups in total. The van der Waals surface area contributed by atoms with Crippen molar-refractivity contribution in [2.24, 2.45) is 0 Å². The summed E-state index contributed by atoms with van der Waals surface area (Å²) in [5, 5.41) is 0. The third-order valence-electron chi connectivity index (χ3n) is 6.91. The Morgan fingerprint density at radius 2 is 0.742 bits per heavy atom. The van der Waals surface area contributed by atoms with Gasteiger partial charge in [-0.3, -0.25) is 0 Å². The Morgan fingerprint density at radius 3 is 1.35 bits per heavy atom. The summed E-state index contributed by atoms with van der Waals surface area (Å²) in [6, 6.07) is 40.2. The van der Waals surface area contributed by atoms with Crippen molar-refractivity contribution in [1.82, 2.24) is 0 Å². The van der Waals surface area contributed by atoms with Crippen LogP contribution in [0, 0.1) is 0 Å². The van der Waals surface area contributed by atoms with Gasteiger partial charge in [-0.05, 0) is 73.2 Å². The maximum Gasteiger partial charge on any atom is -0.000706 e. The molecule has 5 aromatic rings. The second kappa shape index (κ2) is 6.30. The quantitative estimate of drug-likeness (QED) is 0.244. The Balaban J connectivity index is 1.66. The number of hydrogen-bond acceptors (Lipinski definition) is 0. The van der Waals surface area contributed by atoms with Crippen LogP contribution < -0.4 is 0 Å². The highest BCUT2D eigenvalue weighted by atomic mass is 14.3. The van der Waals surface area contributed by atoms with Crippen molar-refractivity contribution in [2.75, 3.05) is 0 Å². The molecule has 0 heterocycles. The largest absolute Gasteiger partial charge is 0.0619 e. The van der Waals surface area contributed by atoms with Crippen LogP contribution in [0.25, 0.3) is 55.6 Å². The van der Waals surface area contributed by atoms with Crippen LogP contribution in [0.4, 0.5) is 0 Å². The van der Waals surface area contributed by atoms with Gasteiger partial charge in [-0.25, -0.2) is 0 Å². The molecule has 0 bridgehead atoms. The molecule has 0 fully saturated rings. The van der Waals surface area contributed by atoms with Crippen LogP contribution in [-0.4, -0.2) is 0 Å². The molecule has 0 radical (unpaired) electrons. The van der Waals surface area contributed by atoms with Gasteiger partial charge in [0.1, 0.15) is 0 Å². The summed E-state index contributed by atoms with van der Waals surface area (Å²) in [4.78, 5) is 0. The SMILES string of the molecule is c1ccc2c(c1)Cc1c-2ccc2c1-c1ccccc1-c1ccccc1-c1ccccc1-2. The van der Waals surface area contributed by atoms with Gasteiger partial charge >= 0.3 is 0 Å². The number of hydrogen-bond donors (Lipinski definition) is 0. The third kappa shape index (κ3) is 2.30. The maximum atomic E-state index is 2.35. The molecule has 0 unspecified atom stereocenters. The van der Waals surface area contributed by atoms with Crippen molar-refractivity contribution in [2.45, 2.75) is 6.42 Å². The molecule has 0 saturated carbocycles. The molecule has 0 heteroatoms. The lowest BCUT2D eigenvalue weighted by molar-refractivity contribution is 1.26. The molecule has 0 spiro atoms. The van der Waals surface area contributed by atoms with E-state index in [1.165, 1.54) is 66.8 Å². The van der Waals surface area contributed by atoms with Crippen molar-refractivity contribution >= 4 is 0 Å². The first-order valence-corrected chi connectivity index (χ1v) is 10.9. The zero-order valence-corrected chi connectivity index (χ0v) is 17.1. The van der Waals surface area contributed by atoms with E-state index < -0.39 is 0 Å². The second-order valence-corrected chi connectivity index (χ2v) is 8.48. The lowest BCUT2D eigenvalue weighted by Crippen LogP contribution is -1.99. The molecular formula is C31H20. The summed E-state index contributed by atoms with van der Waals surface area (Å²) in [5.41, 5.74) is 16.3. The van der Waals surface area contributed by atoms with Gasteiger partial charge in [0.15, 0.2) is 0 Å². The van der Waals surface area contributed by atoms with Crippen LogP contribution in [0.2, 0.25) is 0 Å². The van der Waals surface area contributed by atoms with Gasteiger partial charge in [0, 0.05) is 0 Å². The van der Waals surface area contributed by atoms with Crippen molar-refractivity contribution in [3.8, 4) is 55.6 Å². The van der Waals surface area contributed by atoms with E-state index in [-0.39, 0.29) is 0 Å². The van der Waals surface area contributed by atoms with E-state index in [0.29, 0.717) is 0 Å². The van der Waals surface area contributed by atoms with Crippen LogP contribution in [0.5, 0.6) is 0 Å². The zero-order chi connectivity index (χ0) is 20.4. The van der Waals surface area contributed by atoms with E-state index in [1.54, 1.807) is 0 Å². The van der Waals surface area contributed by atoms with E-state index in [0.717, 1.165) is 6.42 Å². The summed E-state index contributed by atoms with van der Waals surface area (Å²) in [5.74, 6) is 0. The van der Waals surface area contributed by atoms with E-state index >= 15 is 0 Å². The summed E-state index contributed by atoms with van der Waals surface area (Å²) in [6.07, 6.45) is 0.993. The summed E-state index contributed by atoms with van der Waals surface area (Å²) in [7, 11) is 0. The minimum atomic E-state index is 0.993. The van der Waals surface area contributed by atoms with E-state index in [9.17, 15) is 0 Å². The van der Waals surface area contributed by atoms with Crippen LogP contribution >= 0.6 is 0 Å². The maximum absolute atomic E-state index is 2.35. The highest BCUT2D eigenvalue weighted by molar-refractivity contribution is 6.05. The molecule has 144 valence electrons. The highest BCUT2D eigenvalue weighted by Crippen LogP contribution is 2.52. The van der Waals surface area contributed by atoms with Crippen LogP contribution in [0.15, 0.2) is 109 Å². The molecule has 0 aliphatic heterocycles. The van der Waals surface area contributed by atoms with E-state index in [2.05, 4.69) is 109 Å². The Morgan fingerprint density at radius 1 is 0.323 bits per heavy atom. The first kappa shape index (κ1) is 16.8. The molecule has 0 saturated heterocycles. The molecule has 2 aliphatic carbocycles. The summed E-state index contributed by atoms with van der Waals surface area (Å²) in [6.45, 7) is 0. The Labute approximate surface area is 182 Å². The molecule has 7 rings (SSSR count). The smallest absolute Gasteiger partial charge is 0.000706 e. The average Bonchev–Trinajstić information content (AvgIpc) is 3.21. The van der Waals surface area contributed by atoms with Gasteiger partial charge in [0.25, 0.3) is 0 Å². The number of rotatable bonds is 0. The van der Waals surface area contributed by atoms with Crippen molar-refractivity contribution < 1.29 is 0 Å².